The molecule has 10 aromatic rings. The summed E-state index contributed by atoms with van der Waals surface area (Å²) in [6.45, 7) is 0. The van der Waals surface area contributed by atoms with Crippen molar-refractivity contribution in [3.8, 4) is 45.5 Å². The van der Waals surface area contributed by atoms with E-state index >= 15 is 0 Å². The smallest absolute Gasteiger partial charge is 0.164 e. The van der Waals surface area contributed by atoms with Crippen molar-refractivity contribution in [2.45, 2.75) is 0 Å². The lowest BCUT2D eigenvalue weighted by molar-refractivity contribution is 1.07. The Morgan fingerprint density at radius 3 is 1.62 bits per heavy atom. The average Bonchev–Trinajstić information content (AvgIpc) is 3.75. The third kappa shape index (κ3) is 4.67. The maximum absolute atomic E-state index is 4.97. The minimum Gasteiger partial charge on any atom is -0.317 e. The molecule has 0 bridgehead atoms. The lowest BCUT2D eigenvalue weighted by atomic mass is 10.0. The molecule has 234 valence electrons. The highest BCUT2D eigenvalue weighted by atomic mass is 15.0. The molecule has 5 nitrogen and oxygen atoms in total. The highest BCUT2D eigenvalue weighted by molar-refractivity contribution is 6.15. The highest BCUT2D eigenvalue weighted by Crippen LogP contribution is 2.37. The topological polar surface area (TPSA) is 48.5 Å². The van der Waals surface area contributed by atoms with Crippen molar-refractivity contribution in [2.24, 2.45) is 0 Å². The van der Waals surface area contributed by atoms with Gasteiger partial charge in [0.1, 0.15) is 0 Å². The number of rotatable bonds is 5. The van der Waals surface area contributed by atoms with Gasteiger partial charge in [-0.3, -0.25) is 0 Å². The van der Waals surface area contributed by atoms with Crippen LogP contribution in [-0.2, 0) is 0 Å². The molecule has 0 aliphatic carbocycles. The van der Waals surface area contributed by atoms with Crippen LogP contribution in [0.15, 0.2) is 176 Å². The Morgan fingerprint density at radius 1 is 0.340 bits per heavy atom. The minimum atomic E-state index is 0.638. The van der Waals surface area contributed by atoms with Crippen molar-refractivity contribution in [1.82, 2.24) is 24.1 Å². The van der Waals surface area contributed by atoms with Gasteiger partial charge in [0.25, 0.3) is 0 Å². The molecule has 0 aliphatic heterocycles. The molecule has 0 atom stereocenters. The molecule has 7 aromatic carbocycles. The van der Waals surface area contributed by atoms with E-state index in [1.165, 1.54) is 38.0 Å². The summed E-state index contributed by atoms with van der Waals surface area (Å²) in [6, 6.07) is 59.4. The summed E-state index contributed by atoms with van der Waals surface area (Å²) in [5.41, 5.74) is 8.60. The molecule has 0 unspecified atom stereocenters. The van der Waals surface area contributed by atoms with Gasteiger partial charge in [0, 0.05) is 50.4 Å². The third-order valence-corrected chi connectivity index (χ3v) is 9.54. The first-order valence-corrected chi connectivity index (χ1v) is 16.8. The molecule has 0 spiro atoms. The van der Waals surface area contributed by atoms with Crippen LogP contribution in [0.3, 0.4) is 0 Å². The van der Waals surface area contributed by atoms with Crippen molar-refractivity contribution >= 4 is 43.5 Å². The summed E-state index contributed by atoms with van der Waals surface area (Å²) in [4.78, 5) is 14.8. The molecular weight excluding hydrogens is 611 g/mol. The number of benzene rings is 7. The summed E-state index contributed by atoms with van der Waals surface area (Å²) in [6.07, 6.45) is 2.15. The molecular formula is C45H29N5. The molecule has 50 heavy (non-hydrogen) atoms. The van der Waals surface area contributed by atoms with Crippen molar-refractivity contribution in [2.75, 3.05) is 0 Å². The third-order valence-electron chi connectivity index (χ3n) is 9.54. The van der Waals surface area contributed by atoms with Crippen molar-refractivity contribution in [3.63, 3.8) is 0 Å². The van der Waals surface area contributed by atoms with Crippen molar-refractivity contribution < 1.29 is 0 Å². The van der Waals surface area contributed by atoms with Crippen LogP contribution in [-0.4, -0.2) is 24.1 Å². The van der Waals surface area contributed by atoms with Gasteiger partial charge in [-0.05, 0) is 71.4 Å². The van der Waals surface area contributed by atoms with Gasteiger partial charge in [-0.25, -0.2) is 15.0 Å². The minimum absolute atomic E-state index is 0.638. The van der Waals surface area contributed by atoms with E-state index in [1.807, 2.05) is 60.7 Å². The van der Waals surface area contributed by atoms with E-state index in [1.54, 1.807) is 0 Å². The van der Waals surface area contributed by atoms with E-state index in [2.05, 4.69) is 125 Å². The van der Waals surface area contributed by atoms with Gasteiger partial charge in [-0.1, -0.05) is 109 Å². The fourth-order valence-electron chi connectivity index (χ4n) is 7.16. The first-order chi connectivity index (χ1) is 24.8. The van der Waals surface area contributed by atoms with E-state index in [0.717, 1.165) is 33.6 Å². The molecule has 0 fully saturated rings. The van der Waals surface area contributed by atoms with Crippen LogP contribution in [0.1, 0.15) is 0 Å². The van der Waals surface area contributed by atoms with Gasteiger partial charge < -0.3 is 9.13 Å². The Morgan fingerprint density at radius 2 is 0.900 bits per heavy atom. The number of hydrogen-bond donors (Lipinski definition) is 0. The second kappa shape index (κ2) is 11.4. The van der Waals surface area contributed by atoms with Crippen molar-refractivity contribution in [3.05, 3.63) is 176 Å². The van der Waals surface area contributed by atoms with Crippen LogP contribution in [0.5, 0.6) is 0 Å². The van der Waals surface area contributed by atoms with Crippen LogP contribution in [0, 0.1) is 0 Å². The molecule has 10 rings (SSSR count). The van der Waals surface area contributed by atoms with Gasteiger partial charge in [0.15, 0.2) is 17.5 Å². The molecule has 0 amide bonds. The zero-order chi connectivity index (χ0) is 33.0. The lowest BCUT2D eigenvalue weighted by Gasteiger charge is -2.11. The molecule has 3 heterocycles. The average molecular weight is 640 g/mol. The predicted octanol–water partition coefficient (Wildman–Crippen LogP) is 11.1. The lowest BCUT2D eigenvalue weighted by Crippen LogP contribution is -2.00. The SMILES string of the molecule is c1ccc(-c2nc(-c3ccccc3)nc(-c3cccc(-n4ccc5cc6cc7c(cc6cc54)c4ccccc4n7-c4ccccc4)c3)n2)cc1. The molecule has 0 N–H and O–H groups in total. The molecule has 0 saturated carbocycles. The summed E-state index contributed by atoms with van der Waals surface area (Å²) < 4.78 is 4.63. The monoisotopic (exact) mass is 639 g/mol. The summed E-state index contributed by atoms with van der Waals surface area (Å²) in [5.74, 6) is 1.94. The molecule has 5 heteroatoms. The number of nitrogens with zero attached hydrogens (tertiary/aromatic N) is 5. The van der Waals surface area contributed by atoms with E-state index in [4.69, 9.17) is 15.0 Å². The predicted molar refractivity (Wildman–Crippen MR) is 205 cm³/mol. The summed E-state index contributed by atoms with van der Waals surface area (Å²) in [7, 11) is 0. The van der Waals surface area contributed by atoms with Gasteiger partial charge in [0.2, 0.25) is 0 Å². The summed E-state index contributed by atoms with van der Waals surface area (Å²) >= 11 is 0. The van der Waals surface area contributed by atoms with E-state index in [9.17, 15) is 0 Å². The zero-order valence-electron chi connectivity index (χ0n) is 27.0. The van der Waals surface area contributed by atoms with Crippen LogP contribution < -0.4 is 0 Å². The Kier molecular flexibility index (Phi) is 6.42. The second-order valence-electron chi connectivity index (χ2n) is 12.6. The first kappa shape index (κ1) is 28.2. The van der Waals surface area contributed by atoms with Gasteiger partial charge in [0.05, 0.1) is 16.6 Å². The molecule has 3 aromatic heterocycles. The first-order valence-electron chi connectivity index (χ1n) is 16.8. The highest BCUT2D eigenvalue weighted by Gasteiger charge is 2.16. The molecule has 0 aliphatic rings. The van der Waals surface area contributed by atoms with Gasteiger partial charge in [-0.15, -0.1) is 0 Å². The van der Waals surface area contributed by atoms with Crippen LogP contribution in [0.2, 0.25) is 0 Å². The van der Waals surface area contributed by atoms with E-state index in [-0.39, 0.29) is 0 Å². The Labute approximate surface area is 288 Å². The normalized spacial score (nSPS) is 11.6. The Bertz CT molecular complexity index is 2800. The summed E-state index contributed by atoms with van der Waals surface area (Å²) in [5, 5.41) is 6.09. The molecule has 0 radical (unpaired) electrons. The van der Waals surface area contributed by atoms with Crippen molar-refractivity contribution in [1.29, 1.82) is 0 Å². The number of hydrogen-bond acceptors (Lipinski definition) is 3. The van der Waals surface area contributed by atoms with Crippen LogP contribution in [0.25, 0.3) is 89.0 Å². The van der Waals surface area contributed by atoms with Gasteiger partial charge in [-0.2, -0.15) is 0 Å². The number of fused-ring (bicyclic) bond motifs is 5. The van der Waals surface area contributed by atoms with Gasteiger partial charge >= 0.3 is 0 Å². The second-order valence-corrected chi connectivity index (χ2v) is 12.6. The quantitative estimate of drug-likeness (QED) is 0.188. The number of aromatic nitrogens is 5. The standard InChI is InChI=1S/C45H29N5/c1-4-13-30(14-5-1)43-46-44(31-15-6-2-7-16-31)48-45(47-43)33-17-12-20-37(26-33)49-24-23-32-25-34-29-42-39(27-35(34)28-41(32)49)38-21-10-11-22-40(38)50(42)36-18-8-3-9-19-36/h1-29H. The van der Waals surface area contributed by atoms with Crippen LogP contribution >= 0.6 is 0 Å². The fraction of sp³-hybridized carbons (Fsp3) is 0. The molecule has 0 saturated heterocycles. The Hall–Kier alpha value is -6.85. The maximum Gasteiger partial charge on any atom is 0.164 e. The number of para-hydroxylation sites is 2. The maximum atomic E-state index is 4.97. The zero-order valence-corrected chi connectivity index (χ0v) is 27.0. The van der Waals surface area contributed by atoms with E-state index in [0.29, 0.717) is 17.5 Å². The largest absolute Gasteiger partial charge is 0.317 e. The van der Waals surface area contributed by atoms with E-state index < -0.39 is 0 Å². The Balaban J connectivity index is 1.12. The fourth-order valence-corrected chi connectivity index (χ4v) is 7.16. The van der Waals surface area contributed by atoms with Crippen LogP contribution in [0.4, 0.5) is 0 Å².